The molecule has 1 atom stereocenters. The molecule has 1 aliphatic heterocycles. The summed E-state index contributed by atoms with van der Waals surface area (Å²) in [5, 5.41) is 4.43. The van der Waals surface area contributed by atoms with Crippen molar-refractivity contribution in [3.05, 3.63) is 24.2 Å². The van der Waals surface area contributed by atoms with E-state index in [4.69, 9.17) is 5.73 Å². The van der Waals surface area contributed by atoms with E-state index < -0.39 is 0 Å². The number of anilines is 1. The number of aryl methyl sites for hydroxylation is 1. The number of nitrogens with two attached hydrogens (primary N) is 1. The molecule has 1 unspecified atom stereocenters. The van der Waals surface area contributed by atoms with Gasteiger partial charge in [0, 0.05) is 25.5 Å². The summed E-state index contributed by atoms with van der Waals surface area (Å²) in [5.74, 6) is 1.02. The predicted octanol–water partition coefficient (Wildman–Crippen LogP) is 1.21. The quantitative estimate of drug-likeness (QED) is 0.864. The Labute approximate surface area is 107 Å². The highest BCUT2D eigenvalue weighted by atomic mass is 15.3. The lowest BCUT2D eigenvalue weighted by Gasteiger charge is -2.23. The van der Waals surface area contributed by atoms with Gasteiger partial charge in [0.25, 0.3) is 0 Å². The first-order valence-electron chi connectivity index (χ1n) is 6.37. The van der Waals surface area contributed by atoms with Crippen molar-refractivity contribution in [2.75, 3.05) is 24.5 Å². The summed E-state index contributed by atoms with van der Waals surface area (Å²) in [6, 6.07) is 2.08. The summed E-state index contributed by atoms with van der Waals surface area (Å²) in [6.45, 7) is 6.97. The zero-order valence-corrected chi connectivity index (χ0v) is 10.9. The first-order valence-corrected chi connectivity index (χ1v) is 6.37. The van der Waals surface area contributed by atoms with Crippen LogP contribution in [-0.2, 0) is 0 Å². The number of nitrogens with zero attached hydrogens (tertiary/aromatic N) is 4. The number of hydrogen-bond acceptors (Lipinski definition) is 4. The zero-order chi connectivity index (χ0) is 12.8. The van der Waals surface area contributed by atoms with Crippen LogP contribution in [0, 0.1) is 12.3 Å². The van der Waals surface area contributed by atoms with Gasteiger partial charge in [0.1, 0.15) is 5.52 Å². The fourth-order valence-electron chi connectivity index (χ4n) is 2.65. The Morgan fingerprint density at radius 1 is 1.50 bits per heavy atom. The van der Waals surface area contributed by atoms with Crippen LogP contribution in [0.5, 0.6) is 0 Å². The highest BCUT2D eigenvalue weighted by Crippen LogP contribution is 2.33. The van der Waals surface area contributed by atoms with Crippen LogP contribution in [0.3, 0.4) is 0 Å². The van der Waals surface area contributed by atoms with Crippen LogP contribution in [0.2, 0.25) is 0 Å². The van der Waals surface area contributed by atoms with Gasteiger partial charge >= 0.3 is 0 Å². The maximum absolute atomic E-state index is 5.86. The lowest BCUT2D eigenvalue weighted by molar-refractivity contribution is 0.383. The highest BCUT2D eigenvalue weighted by Gasteiger charge is 2.33. The Bertz CT molecular complexity index is 576. The molecular weight excluding hydrogens is 226 g/mol. The minimum absolute atomic E-state index is 0.212. The van der Waals surface area contributed by atoms with Gasteiger partial charge in [-0.25, -0.2) is 9.50 Å². The van der Waals surface area contributed by atoms with E-state index >= 15 is 0 Å². The molecule has 1 aliphatic rings. The van der Waals surface area contributed by atoms with Crippen LogP contribution in [0.15, 0.2) is 18.5 Å². The van der Waals surface area contributed by atoms with Gasteiger partial charge in [-0.2, -0.15) is 5.10 Å². The third kappa shape index (κ3) is 1.75. The molecule has 96 valence electrons. The molecule has 1 fully saturated rings. The van der Waals surface area contributed by atoms with Gasteiger partial charge in [0.2, 0.25) is 0 Å². The highest BCUT2D eigenvalue weighted by molar-refractivity contribution is 5.69. The molecule has 5 heteroatoms. The van der Waals surface area contributed by atoms with E-state index in [1.807, 2.05) is 23.8 Å². The summed E-state index contributed by atoms with van der Waals surface area (Å²) in [4.78, 5) is 6.85. The second kappa shape index (κ2) is 3.95. The second-order valence-corrected chi connectivity index (χ2v) is 5.55. The molecule has 0 aliphatic carbocycles. The Morgan fingerprint density at radius 2 is 2.33 bits per heavy atom. The van der Waals surface area contributed by atoms with Crippen molar-refractivity contribution >= 4 is 11.3 Å². The molecule has 0 saturated carbocycles. The number of hydrogen-bond donors (Lipinski definition) is 1. The van der Waals surface area contributed by atoms with Crippen LogP contribution in [0.25, 0.3) is 5.52 Å². The predicted molar refractivity (Wildman–Crippen MR) is 71.7 cm³/mol. The molecule has 0 aromatic carbocycles. The van der Waals surface area contributed by atoms with E-state index in [1.165, 1.54) is 0 Å². The standard InChI is InChI=1S/C13H19N5/c1-10-7-11-12(15-4-6-18(11)16-10)17-5-3-13(2,8-14)9-17/h4,6-7H,3,5,8-9,14H2,1-2H3. The van der Waals surface area contributed by atoms with Crippen LogP contribution in [0.4, 0.5) is 5.82 Å². The smallest absolute Gasteiger partial charge is 0.154 e. The van der Waals surface area contributed by atoms with Crippen molar-refractivity contribution in [1.82, 2.24) is 14.6 Å². The van der Waals surface area contributed by atoms with E-state index in [-0.39, 0.29) is 5.41 Å². The zero-order valence-electron chi connectivity index (χ0n) is 10.9. The average Bonchev–Trinajstić information content (AvgIpc) is 2.91. The monoisotopic (exact) mass is 245 g/mol. The molecule has 0 amide bonds. The molecule has 0 radical (unpaired) electrons. The van der Waals surface area contributed by atoms with E-state index in [2.05, 4.69) is 28.0 Å². The number of rotatable bonds is 2. The fourth-order valence-corrected chi connectivity index (χ4v) is 2.65. The van der Waals surface area contributed by atoms with E-state index in [0.29, 0.717) is 0 Å². The Kier molecular flexibility index (Phi) is 2.52. The molecule has 5 nitrogen and oxygen atoms in total. The van der Waals surface area contributed by atoms with Crippen LogP contribution in [0.1, 0.15) is 19.0 Å². The molecule has 2 aromatic heterocycles. The van der Waals surface area contributed by atoms with E-state index in [1.54, 1.807) is 0 Å². The summed E-state index contributed by atoms with van der Waals surface area (Å²) < 4.78 is 1.90. The van der Waals surface area contributed by atoms with Gasteiger partial charge in [0.05, 0.1) is 5.69 Å². The maximum atomic E-state index is 5.86. The molecule has 0 bridgehead atoms. The maximum Gasteiger partial charge on any atom is 0.154 e. The van der Waals surface area contributed by atoms with Crippen molar-refractivity contribution in [2.24, 2.45) is 11.1 Å². The normalized spacial score (nSPS) is 24.1. The van der Waals surface area contributed by atoms with E-state index in [9.17, 15) is 0 Å². The van der Waals surface area contributed by atoms with Crippen molar-refractivity contribution in [3.63, 3.8) is 0 Å². The van der Waals surface area contributed by atoms with E-state index in [0.717, 1.165) is 43.1 Å². The number of aromatic nitrogens is 3. The first kappa shape index (κ1) is 11.5. The largest absolute Gasteiger partial charge is 0.354 e. The summed E-state index contributed by atoms with van der Waals surface area (Å²) in [6.07, 6.45) is 4.83. The van der Waals surface area contributed by atoms with Crippen LogP contribution < -0.4 is 10.6 Å². The molecular formula is C13H19N5. The SMILES string of the molecule is Cc1cc2c(N3CCC(C)(CN)C3)nccn2n1. The van der Waals surface area contributed by atoms with Crippen molar-refractivity contribution in [3.8, 4) is 0 Å². The molecule has 2 aromatic rings. The minimum atomic E-state index is 0.212. The lowest BCUT2D eigenvalue weighted by Crippen LogP contribution is -2.31. The van der Waals surface area contributed by atoms with Gasteiger partial charge in [-0.3, -0.25) is 0 Å². The van der Waals surface area contributed by atoms with Crippen molar-refractivity contribution < 1.29 is 0 Å². The van der Waals surface area contributed by atoms with Crippen LogP contribution >= 0.6 is 0 Å². The van der Waals surface area contributed by atoms with Crippen molar-refractivity contribution in [2.45, 2.75) is 20.3 Å². The molecule has 3 rings (SSSR count). The Hall–Kier alpha value is -1.62. The summed E-state index contributed by atoms with van der Waals surface area (Å²) in [5.41, 5.74) is 8.17. The van der Waals surface area contributed by atoms with Crippen molar-refractivity contribution in [1.29, 1.82) is 0 Å². The van der Waals surface area contributed by atoms with Gasteiger partial charge in [-0.05, 0) is 31.4 Å². The molecule has 1 saturated heterocycles. The molecule has 2 N–H and O–H groups in total. The van der Waals surface area contributed by atoms with Gasteiger partial charge < -0.3 is 10.6 Å². The van der Waals surface area contributed by atoms with Crippen LogP contribution in [-0.4, -0.2) is 34.2 Å². The van der Waals surface area contributed by atoms with Gasteiger partial charge in [-0.15, -0.1) is 0 Å². The second-order valence-electron chi connectivity index (χ2n) is 5.55. The number of fused-ring (bicyclic) bond motifs is 1. The lowest BCUT2D eigenvalue weighted by atomic mass is 9.90. The van der Waals surface area contributed by atoms with Gasteiger partial charge in [-0.1, -0.05) is 6.92 Å². The van der Waals surface area contributed by atoms with Gasteiger partial charge in [0.15, 0.2) is 5.82 Å². The third-order valence-corrected chi connectivity index (χ3v) is 3.84. The Morgan fingerprint density at radius 3 is 3.06 bits per heavy atom. The summed E-state index contributed by atoms with van der Waals surface area (Å²) in [7, 11) is 0. The fraction of sp³-hybridized carbons (Fsp3) is 0.538. The first-order chi connectivity index (χ1) is 8.61. The third-order valence-electron chi connectivity index (χ3n) is 3.84. The Balaban J connectivity index is 2.00. The topological polar surface area (TPSA) is 59.5 Å². The minimum Gasteiger partial charge on any atom is -0.354 e. The molecule has 18 heavy (non-hydrogen) atoms. The average molecular weight is 245 g/mol. The molecule has 0 spiro atoms. The summed E-state index contributed by atoms with van der Waals surface area (Å²) >= 11 is 0. The molecule has 3 heterocycles.